The highest BCUT2D eigenvalue weighted by atomic mass is 16.5. The number of carbonyl (C=O) groups excluding carboxylic acids is 1. The van der Waals surface area contributed by atoms with Gasteiger partial charge in [0.05, 0.1) is 6.42 Å². The normalized spacial score (nSPS) is 12.2. The summed E-state index contributed by atoms with van der Waals surface area (Å²) in [4.78, 5) is 27.8. The lowest BCUT2D eigenvalue weighted by atomic mass is 9.88. The van der Waals surface area contributed by atoms with E-state index in [0.717, 1.165) is 11.1 Å². The number of hydrogen-bond donors (Lipinski definition) is 2. The second-order valence-corrected chi connectivity index (χ2v) is 8.03. The lowest BCUT2D eigenvalue weighted by molar-refractivity contribution is -0.142. The van der Waals surface area contributed by atoms with E-state index in [-0.39, 0.29) is 17.7 Å². The van der Waals surface area contributed by atoms with E-state index < -0.39 is 12.0 Å². The summed E-state index contributed by atoms with van der Waals surface area (Å²) in [6, 6.07) is 10.1. The highest BCUT2D eigenvalue weighted by Crippen LogP contribution is 2.22. The van der Waals surface area contributed by atoms with Crippen LogP contribution in [0.5, 0.6) is 5.75 Å². The molecule has 1 unspecified atom stereocenters. The van der Waals surface area contributed by atoms with Crippen LogP contribution in [0.3, 0.4) is 0 Å². The van der Waals surface area contributed by atoms with Gasteiger partial charge in [-0.25, -0.2) is 4.79 Å². The van der Waals surface area contributed by atoms with Crippen molar-refractivity contribution in [3.63, 3.8) is 0 Å². The third kappa shape index (κ3) is 7.78. The van der Waals surface area contributed by atoms with Gasteiger partial charge in [-0.3, -0.25) is 9.78 Å². The van der Waals surface area contributed by atoms with Gasteiger partial charge in [0.25, 0.3) is 0 Å². The average molecular weight is 384 g/mol. The molecule has 1 heterocycles. The Balaban J connectivity index is 1.91. The molecule has 2 rings (SSSR count). The number of hydrogen-bond acceptors (Lipinski definition) is 4. The second-order valence-electron chi connectivity index (χ2n) is 8.03. The Labute approximate surface area is 166 Å². The highest BCUT2D eigenvalue weighted by Gasteiger charge is 2.22. The zero-order valence-corrected chi connectivity index (χ0v) is 16.6. The first-order chi connectivity index (χ1) is 13.2. The van der Waals surface area contributed by atoms with Crippen LogP contribution < -0.4 is 10.1 Å². The molecule has 2 N–H and O–H groups in total. The predicted octanol–water partition coefficient (Wildman–Crippen LogP) is 3.60. The van der Waals surface area contributed by atoms with E-state index in [9.17, 15) is 14.7 Å². The van der Waals surface area contributed by atoms with Gasteiger partial charge in [-0.2, -0.15) is 0 Å². The third-order valence-corrected chi connectivity index (χ3v) is 4.21. The summed E-state index contributed by atoms with van der Waals surface area (Å²) >= 11 is 0. The number of carbonyl (C=O) groups is 2. The quantitative estimate of drug-likeness (QED) is 0.690. The molecule has 1 atom stereocenters. The minimum absolute atomic E-state index is 0.0123. The van der Waals surface area contributed by atoms with Crippen LogP contribution in [-0.4, -0.2) is 28.0 Å². The van der Waals surface area contributed by atoms with Crippen molar-refractivity contribution in [3.05, 3.63) is 59.9 Å². The van der Waals surface area contributed by atoms with Crippen LogP contribution in [0.4, 0.5) is 0 Å². The molecule has 1 amide bonds. The third-order valence-electron chi connectivity index (χ3n) is 4.21. The topological polar surface area (TPSA) is 88.5 Å². The standard InChI is InChI=1S/C22H28N2O4/c1-22(2,3)10-9-19(21(26)27)24-20(25)13-16-6-4-8-18(12-16)28-15-17-7-5-11-23-14-17/h4-8,11-12,14,19H,9-10,13,15H2,1-3H3,(H,24,25)(H,26,27). The molecule has 0 spiro atoms. The molecule has 2 aromatic rings. The van der Waals surface area contributed by atoms with E-state index in [2.05, 4.69) is 10.3 Å². The maximum atomic E-state index is 12.3. The minimum atomic E-state index is -1.01. The molecule has 1 aromatic carbocycles. The lowest BCUT2D eigenvalue weighted by Gasteiger charge is -2.21. The first kappa shape index (κ1) is 21.4. The van der Waals surface area contributed by atoms with Gasteiger partial charge >= 0.3 is 5.97 Å². The van der Waals surface area contributed by atoms with Crippen molar-refractivity contribution in [3.8, 4) is 5.75 Å². The van der Waals surface area contributed by atoms with Gasteiger partial charge in [0, 0.05) is 18.0 Å². The fourth-order valence-electron chi connectivity index (χ4n) is 2.66. The number of carboxylic acid groups (broad SMARTS) is 1. The average Bonchev–Trinajstić information content (AvgIpc) is 2.63. The summed E-state index contributed by atoms with van der Waals surface area (Å²) in [5.41, 5.74) is 1.73. The smallest absolute Gasteiger partial charge is 0.326 e. The Morgan fingerprint density at radius 2 is 1.93 bits per heavy atom. The number of pyridine rings is 1. The molecule has 1 aromatic heterocycles. The molecular formula is C22H28N2O4. The number of nitrogens with one attached hydrogen (secondary N) is 1. The molecule has 0 saturated carbocycles. The van der Waals surface area contributed by atoms with Crippen molar-refractivity contribution in [2.24, 2.45) is 5.41 Å². The predicted molar refractivity (Wildman–Crippen MR) is 107 cm³/mol. The van der Waals surface area contributed by atoms with Gasteiger partial charge in [0.15, 0.2) is 0 Å². The fourth-order valence-corrected chi connectivity index (χ4v) is 2.66. The van der Waals surface area contributed by atoms with Gasteiger partial charge in [0.1, 0.15) is 18.4 Å². The van der Waals surface area contributed by atoms with Crippen LogP contribution >= 0.6 is 0 Å². The molecule has 0 radical (unpaired) electrons. The van der Waals surface area contributed by atoms with Crippen molar-refractivity contribution in [1.29, 1.82) is 0 Å². The minimum Gasteiger partial charge on any atom is -0.489 e. The number of aromatic nitrogens is 1. The molecule has 28 heavy (non-hydrogen) atoms. The Morgan fingerprint density at radius 3 is 2.57 bits per heavy atom. The first-order valence-electron chi connectivity index (χ1n) is 9.36. The number of benzene rings is 1. The summed E-state index contributed by atoms with van der Waals surface area (Å²) in [7, 11) is 0. The van der Waals surface area contributed by atoms with Crippen LogP contribution in [0.1, 0.15) is 44.7 Å². The fraction of sp³-hybridized carbons (Fsp3) is 0.409. The summed E-state index contributed by atoms with van der Waals surface area (Å²) in [5, 5.41) is 12.0. The van der Waals surface area contributed by atoms with Crippen molar-refractivity contribution in [2.45, 2.75) is 52.7 Å². The van der Waals surface area contributed by atoms with Crippen LogP contribution in [0.15, 0.2) is 48.8 Å². The molecular weight excluding hydrogens is 356 g/mol. The van der Waals surface area contributed by atoms with Gasteiger partial charge in [-0.15, -0.1) is 0 Å². The molecule has 0 aliphatic heterocycles. The van der Waals surface area contributed by atoms with Gasteiger partial charge in [-0.05, 0) is 42.0 Å². The number of ether oxygens (including phenoxy) is 1. The zero-order valence-electron chi connectivity index (χ0n) is 16.6. The number of amides is 1. The highest BCUT2D eigenvalue weighted by molar-refractivity contribution is 5.84. The van der Waals surface area contributed by atoms with E-state index in [0.29, 0.717) is 25.2 Å². The number of aliphatic carboxylic acids is 1. The van der Waals surface area contributed by atoms with Crippen LogP contribution in [0, 0.1) is 5.41 Å². The van der Waals surface area contributed by atoms with E-state index in [1.54, 1.807) is 18.5 Å². The molecule has 6 heteroatoms. The number of rotatable bonds is 9. The monoisotopic (exact) mass is 384 g/mol. The summed E-state index contributed by atoms with van der Waals surface area (Å²) in [6.07, 6.45) is 4.65. The molecule has 0 aliphatic carbocycles. The second kappa shape index (κ2) is 9.88. The van der Waals surface area contributed by atoms with E-state index >= 15 is 0 Å². The Morgan fingerprint density at radius 1 is 1.18 bits per heavy atom. The van der Waals surface area contributed by atoms with Crippen molar-refractivity contribution in [1.82, 2.24) is 10.3 Å². The maximum Gasteiger partial charge on any atom is 0.326 e. The van der Waals surface area contributed by atoms with Gasteiger partial charge in [-0.1, -0.05) is 39.0 Å². The number of nitrogens with zero attached hydrogens (tertiary/aromatic N) is 1. The van der Waals surface area contributed by atoms with Crippen molar-refractivity contribution < 1.29 is 19.4 Å². The van der Waals surface area contributed by atoms with Crippen LogP contribution in [0.25, 0.3) is 0 Å². The van der Waals surface area contributed by atoms with E-state index in [4.69, 9.17) is 4.74 Å². The van der Waals surface area contributed by atoms with Crippen LogP contribution in [-0.2, 0) is 22.6 Å². The zero-order chi connectivity index (χ0) is 20.6. The largest absolute Gasteiger partial charge is 0.489 e. The molecule has 6 nitrogen and oxygen atoms in total. The van der Waals surface area contributed by atoms with Crippen molar-refractivity contribution in [2.75, 3.05) is 0 Å². The van der Waals surface area contributed by atoms with Crippen LogP contribution in [0.2, 0.25) is 0 Å². The summed E-state index contributed by atoms with van der Waals surface area (Å²) in [6.45, 7) is 6.53. The SMILES string of the molecule is CC(C)(C)CCC(NC(=O)Cc1cccc(OCc2cccnc2)c1)C(=O)O. The van der Waals surface area contributed by atoms with Gasteiger partial charge in [0.2, 0.25) is 5.91 Å². The molecule has 0 aliphatic rings. The summed E-state index contributed by atoms with van der Waals surface area (Å²) < 4.78 is 5.74. The molecule has 0 fully saturated rings. The van der Waals surface area contributed by atoms with E-state index in [1.165, 1.54) is 0 Å². The first-order valence-corrected chi connectivity index (χ1v) is 9.36. The Hall–Kier alpha value is -2.89. The lowest BCUT2D eigenvalue weighted by Crippen LogP contribution is -2.42. The molecule has 0 saturated heterocycles. The van der Waals surface area contributed by atoms with Crippen molar-refractivity contribution >= 4 is 11.9 Å². The molecule has 150 valence electrons. The molecule has 0 bridgehead atoms. The Bertz CT molecular complexity index is 785. The summed E-state index contributed by atoms with van der Waals surface area (Å²) in [5.74, 6) is -0.673. The van der Waals surface area contributed by atoms with Gasteiger partial charge < -0.3 is 15.2 Å². The maximum absolute atomic E-state index is 12.3. The number of carboxylic acids is 1. The van der Waals surface area contributed by atoms with E-state index in [1.807, 2.05) is 51.1 Å². The Kier molecular flexibility index (Phi) is 7.55.